The van der Waals surface area contributed by atoms with E-state index in [1.165, 1.54) is 19.3 Å². The Hall–Kier alpha value is -0.290. The zero-order valence-electron chi connectivity index (χ0n) is 10.7. The fraction of sp³-hybridized carbons (Fsp3) is 0.692. The molecule has 0 atom stereocenters. The molecule has 0 spiro atoms. The number of hydrogen-bond donors (Lipinski definition) is 1. The Kier molecular flexibility index (Phi) is 4.54. The van der Waals surface area contributed by atoms with Crippen molar-refractivity contribution in [1.82, 2.24) is 9.55 Å². The van der Waals surface area contributed by atoms with Crippen LogP contribution in [-0.4, -0.2) is 15.3 Å². The minimum atomic E-state index is 0.0224. The molecule has 0 radical (unpaired) electrons. The van der Waals surface area contributed by atoms with Crippen LogP contribution in [0.2, 0.25) is 0 Å². The molecule has 1 aliphatic rings. The van der Waals surface area contributed by atoms with Crippen LogP contribution < -0.4 is 5.56 Å². The van der Waals surface area contributed by atoms with Crippen molar-refractivity contribution < 1.29 is 0 Å². The van der Waals surface area contributed by atoms with Crippen molar-refractivity contribution in [2.45, 2.75) is 45.6 Å². The predicted molar refractivity (Wildman–Crippen MR) is 80.3 cm³/mol. The van der Waals surface area contributed by atoms with Gasteiger partial charge in [-0.05, 0) is 46.9 Å². The number of rotatable bonds is 3. The number of hydrogen-bond acceptors (Lipinski definition) is 3. The molecule has 0 N–H and O–H groups in total. The van der Waals surface area contributed by atoms with Gasteiger partial charge in [-0.15, -0.1) is 0 Å². The molecule has 18 heavy (non-hydrogen) atoms. The van der Waals surface area contributed by atoms with Gasteiger partial charge >= 0.3 is 0 Å². The number of aromatic nitrogens is 2. The Balaban J connectivity index is 2.32. The molecule has 2 rings (SSSR count). The van der Waals surface area contributed by atoms with Crippen molar-refractivity contribution in [3.05, 3.63) is 26.8 Å². The number of aryl methyl sites for hydroxylation is 1. The van der Waals surface area contributed by atoms with Crippen molar-refractivity contribution in [2.75, 3.05) is 5.75 Å². The van der Waals surface area contributed by atoms with E-state index in [0.717, 1.165) is 31.0 Å². The monoisotopic (exact) mass is 330 g/mol. The lowest BCUT2D eigenvalue weighted by Crippen LogP contribution is -2.37. The average molecular weight is 331 g/mol. The summed E-state index contributed by atoms with van der Waals surface area (Å²) in [5.41, 5.74) is 0.188. The Bertz CT molecular complexity index is 480. The van der Waals surface area contributed by atoms with Crippen LogP contribution in [0.4, 0.5) is 0 Å². The summed E-state index contributed by atoms with van der Waals surface area (Å²) in [5.74, 6) is 1.63. The van der Waals surface area contributed by atoms with Crippen LogP contribution in [0.3, 0.4) is 0 Å². The lowest BCUT2D eigenvalue weighted by atomic mass is 9.75. The molecule has 0 amide bonds. The molecule has 5 heteroatoms. The maximum absolute atomic E-state index is 12.2. The Labute approximate surface area is 122 Å². The largest absolute Gasteiger partial charge is 0.295 e. The van der Waals surface area contributed by atoms with Crippen LogP contribution in [0.15, 0.2) is 15.5 Å². The van der Waals surface area contributed by atoms with Crippen molar-refractivity contribution in [3.63, 3.8) is 0 Å². The molecule has 1 saturated carbocycles. The van der Waals surface area contributed by atoms with E-state index >= 15 is 0 Å². The first-order valence-electron chi connectivity index (χ1n) is 6.41. The first-order valence-corrected chi connectivity index (χ1v) is 7.83. The molecular weight excluding hydrogens is 312 g/mol. The van der Waals surface area contributed by atoms with E-state index in [1.54, 1.807) is 10.8 Å². The molecule has 0 unspecified atom stereocenters. The van der Waals surface area contributed by atoms with E-state index < -0.39 is 0 Å². The van der Waals surface area contributed by atoms with Gasteiger partial charge in [-0.3, -0.25) is 9.36 Å². The molecule has 0 bridgehead atoms. The molecule has 0 saturated heterocycles. The zero-order valence-corrected chi connectivity index (χ0v) is 13.1. The van der Waals surface area contributed by atoms with Crippen molar-refractivity contribution in [1.29, 1.82) is 0 Å². The highest BCUT2D eigenvalue weighted by Gasteiger charge is 2.32. The Morgan fingerprint density at radius 2 is 2.11 bits per heavy atom. The second-order valence-electron chi connectivity index (χ2n) is 5.26. The lowest BCUT2D eigenvalue weighted by Gasteiger charge is -2.36. The van der Waals surface area contributed by atoms with E-state index in [2.05, 4.69) is 33.5 Å². The third-order valence-corrected chi connectivity index (χ3v) is 5.16. The van der Waals surface area contributed by atoms with Gasteiger partial charge in [0.25, 0.3) is 5.56 Å². The van der Waals surface area contributed by atoms with Crippen LogP contribution in [0.1, 0.15) is 37.9 Å². The minimum absolute atomic E-state index is 0.0224. The van der Waals surface area contributed by atoms with Gasteiger partial charge in [-0.2, -0.15) is 12.6 Å². The number of halogens is 1. The molecule has 0 aliphatic heterocycles. The second kappa shape index (κ2) is 5.78. The number of thiol groups is 1. The van der Waals surface area contributed by atoms with E-state index in [1.807, 2.05) is 6.92 Å². The maximum Gasteiger partial charge on any atom is 0.267 e. The van der Waals surface area contributed by atoms with E-state index in [0.29, 0.717) is 4.47 Å². The summed E-state index contributed by atoms with van der Waals surface area (Å²) in [7, 11) is 0. The highest BCUT2D eigenvalue weighted by molar-refractivity contribution is 9.10. The van der Waals surface area contributed by atoms with E-state index in [9.17, 15) is 4.79 Å². The van der Waals surface area contributed by atoms with Gasteiger partial charge < -0.3 is 0 Å². The van der Waals surface area contributed by atoms with Crippen molar-refractivity contribution in [3.8, 4) is 0 Å². The van der Waals surface area contributed by atoms with Crippen LogP contribution in [0, 0.1) is 12.3 Å². The molecule has 0 aromatic carbocycles. The smallest absolute Gasteiger partial charge is 0.267 e. The molecule has 1 aromatic heterocycles. The third kappa shape index (κ3) is 2.82. The quantitative estimate of drug-likeness (QED) is 0.864. The average Bonchev–Trinajstić information content (AvgIpc) is 2.40. The first-order chi connectivity index (χ1) is 8.58. The SMILES string of the molecule is Cc1ncc(Br)c(=O)n1CC1(CS)CCCCC1. The topological polar surface area (TPSA) is 34.9 Å². The third-order valence-electron chi connectivity index (χ3n) is 3.95. The second-order valence-corrected chi connectivity index (χ2v) is 6.43. The number of nitrogens with zero attached hydrogens (tertiary/aromatic N) is 2. The van der Waals surface area contributed by atoms with Gasteiger partial charge in [0.1, 0.15) is 10.3 Å². The predicted octanol–water partition coefficient (Wildman–Crippen LogP) is 3.19. The van der Waals surface area contributed by atoms with Gasteiger partial charge in [0, 0.05) is 12.7 Å². The summed E-state index contributed by atoms with van der Waals surface area (Å²) in [6, 6.07) is 0. The molecule has 1 heterocycles. The molecule has 1 aliphatic carbocycles. The molecule has 3 nitrogen and oxygen atoms in total. The van der Waals surface area contributed by atoms with Crippen LogP contribution in [0.5, 0.6) is 0 Å². The van der Waals surface area contributed by atoms with Gasteiger partial charge in [0.05, 0.1) is 0 Å². The highest BCUT2D eigenvalue weighted by atomic mass is 79.9. The summed E-state index contributed by atoms with van der Waals surface area (Å²) in [6.45, 7) is 2.64. The van der Waals surface area contributed by atoms with Gasteiger partial charge in [-0.25, -0.2) is 4.98 Å². The standard InChI is InChI=1S/C13H19BrN2OS/c1-10-15-7-11(14)12(17)16(10)8-13(9-18)5-3-2-4-6-13/h7,18H,2-6,8-9H2,1H3. The molecule has 100 valence electrons. The summed E-state index contributed by atoms with van der Waals surface area (Å²) in [6.07, 6.45) is 7.71. The maximum atomic E-state index is 12.2. The Morgan fingerprint density at radius 3 is 2.72 bits per heavy atom. The normalized spacial score (nSPS) is 18.8. The van der Waals surface area contributed by atoms with Crippen LogP contribution in [-0.2, 0) is 6.54 Å². The lowest BCUT2D eigenvalue weighted by molar-refractivity contribution is 0.185. The van der Waals surface area contributed by atoms with E-state index in [4.69, 9.17) is 0 Å². The van der Waals surface area contributed by atoms with E-state index in [-0.39, 0.29) is 11.0 Å². The van der Waals surface area contributed by atoms with Crippen molar-refractivity contribution in [2.24, 2.45) is 5.41 Å². The van der Waals surface area contributed by atoms with Crippen molar-refractivity contribution >= 4 is 28.6 Å². The fourth-order valence-corrected chi connectivity index (χ4v) is 3.47. The van der Waals surface area contributed by atoms with Crippen LogP contribution in [0.25, 0.3) is 0 Å². The minimum Gasteiger partial charge on any atom is -0.295 e. The first kappa shape index (κ1) is 14.1. The highest BCUT2D eigenvalue weighted by Crippen LogP contribution is 2.38. The van der Waals surface area contributed by atoms with Gasteiger partial charge in [0.15, 0.2) is 0 Å². The summed E-state index contributed by atoms with van der Waals surface area (Å²) < 4.78 is 2.34. The zero-order chi connectivity index (χ0) is 13.2. The molecule has 1 aromatic rings. The summed E-state index contributed by atoms with van der Waals surface area (Å²) in [5, 5.41) is 0. The van der Waals surface area contributed by atoms with Gasteiger partial charge in [0.2, 0.25) is 0 Å². The molecule has 1 fully saturated rings. The molecular formula is C13H19BrN2OS. The Morgan fingerprint density at radius 1 is 1.44 bits per heavy atom. The fourth-order valence-electron chi connectivity index (χ4n) is 2.74. The van der Waals surface area contributed by atoms with Gasteiger partial charge in [-0.1, -0.05) is 19.3 Å². The summed E-state index contributed by atoms with van der Waals surface area (Å²) in [4.78, 5) is 16.4. The summed E-state index contributed by atoms with van der Waals surface area (Å²) >= 11 is 7.80. The van der Waals surface area contributed by atoms with Crippen LogP contribution >= 0.6 is 28.6 Å².